The number of urea groups is 1. The number of ether oxygens (including phenoxy) is 1. The number of anilines is 3. The first-order valence-electron chi connectivity index (χ1n) is 14.5. The van der Waals surface area contributed by atoms with Gasteiger partial charge in [-0.25, -0.2) is 14.8 Å². The van der Waals surface area contributed by atoms with Gasteiger partial charge in [-0.1, -0.05) is 6.07 Å². The Hall–Kier alpha value is -4.08. The van der Waals surface area contributed by atoms with E-state index in [0.717, 1.165) is 37.7 Å². The summed E-state index contributed by atoms with van der Waals surface area (Å²) in [5.74, 6) is 0.742. The third-order valence-corrected chi connectivity index (χ3v) is 8.93. The summed E-state index contributed by atoms with van der Waals surface area (Å²) in [7, 11) is 5.45. The number of carbonyl (C=O) groups is 3. The molecule has 2 N–H and O–H groups in total. The van der Waals surface area contributed by atoms with Gasteiger partial charge in [0.2, 0.25) is 5.91 Å². The molecular weight excluding hydrogens is 536 g/mol. The molecule has 220 valence electrons. The van der Waals surface area contributed by atoms with Crippen LogP contribution in [0.2, 0.25) is 0 Å². The maximum Gasteiger partial charge on any atom is 0.328 e. The minimum Gasteiger partial charge on any atom is -0.379 e. The van der Waals surface area contributed by atoms with Crippen LogP contribution in [0.25, 0.3) is 0 Å². The Balaban J connectivity index is 1.29. The number of hydrogen-bond acceptors (Lipinski definition) is 9. The molecule has 2 aromatic rings. The fourth-order valence-corrected chi connectivity index (χ4v) is 6.91. The summed E-state index contributed by atoms with van der Waals surface area (Å²) in [6.45, 7) is 0.301. The zero-order chi connectivity index (χ0) is 29.6. The fraction of sp³-hybridized carbons (Fsp3) is 0.533. The van der Waals surface area contributed by atoms with Gasteiger partial charge in [0.25, 0.3) is 0 Å². The number of pyridine rings is 2. The molecule has 12 nitrogen and oxygen atoms in total. The molecule has 2 bridgehead atoms. The van der Waals surface area contributed by atoms with Gasteiger partial charge in [-0.2, -0.15) is 5.26 Å². The largest absolute Gasteiger partial charge is 0.379 e. The second-order valence-electron chi connectivity index (χ2n) is 12.0. The highest BCUT2D eigenvalue weighted by atomic mass is 16.5. The van der Waals surface area contributed by atoms with Gasteiger partial charge in [0, 0.05) is 37.0 Å². The van der Waals surface area contributed by atoms with E-state index in [1.54, 1.807) is 24.1 Å². The summed E-state index contributed by atoms with van der Waals surface area (Å²) in [4.78, 5) is 53.4. The van der Waals surface area contributed by atoms with Crippen molar-refractivity contribution in [3.63, 3.8) is 0 Å². The van der Waals surface area contributed by atoms with Crippen LogP contribution < -0.4 is 15.5 Å². The number of methoxy groups -OCH3 is 1. The quantitative estimate of drug-likeness (QED) is 0.433. The van der Waals surface area contributed by atoms with E-state index in [4.69, 9.17) is 4.74 Å². The summed E-state index contributed by atoms with van der Waals surface area (Å²) in [5.41, 5.74) is 1.41. The molecule has 5 aliphatic rings. The lowest BCUT2D eigenvalue weighted by atomic mass is 9.63. The standard InChI is InChI=1S/C30H36N8O4/c1-36(2)16-27(40)38(20-8-9-20)30-12-21(13-30)37(28-22(30)10-7-19(17-39)33-28)29(41)35-26-11-24(18(14-31)15-32-26)34-23-5-4-6-25(23)42-3/h7,10-11,15,17,20-21,23,25H,4-6,8-9,12-13,16H2,1-3H3,(H2,32,34,35,41). The van der Waals surface area contributed by atoms with E-state index in [1.807, 2.05) is 30.0 Å². The molecule has 2 aromatic heterocycles. The van der Waals surface area contributed by atoms with Gasteiger partial charge in [0.15, 0.2) is 6.29 Å². The van der Waals surface area contributed by atoms with Crippen molar-refractivity contribution in [2.24, 2.45) is 0 Å². The Morgan fingerprint density at radius 1 is 1.24 bits per heavy atom. The van der Waals surface area contributed by atoms with Gasteiger partial charge in [0.1, 0.15) is 23.4 Å². The molecule has 2 aliphatic heterocycles. The van der Waals surface area contributed by atoms with Gasteiger partial charge in [-0.3, -0.25) is 19.8 Å². The molecule has 2 unspecified atom stereocenters. The Kier molecular flexibility index (Phi) is 7.32. The zero-order valence-corrected chi connectivity index (χ0v) is 24.2. The first-order chi connectivity index (χ1) is 20.3. The Morgan fingerprint density at radius 3 is 2.69 bits per heavy atom. The van der Waals surface area contributed by atoms with Crippen LogP contribution in [0.3, 0.4) is 0 Å². The minimum atomic E-state index is -0.553. The molecule has 0 saturated heterocycles. The molecule has 42 heavy (non-hydrogen) atoms. The van der Waals surface area contributed by atoms with Crippen molar-refractivity contribution in [3.05, 3.63) is 41.2 Å². The number of carbonyl (C=O) groups excluding carboxylic acids is 3. The SMILES string of the molecule is COC1CCCC1Nc1cc(NC(=O)N2c3nc(C=O)ccc3C3(N(C(=O)CN(C)C)C4CC4)CC2C3)ncc1C#N. The van der Waals surface area contributed by atoms with E-state index in [2.05, 4.69) is 26.7 Å². The summed E-state index contributed by atoms with van der Waals surface area (Å²) >= 11 is 0. The van der Waals surface area contributed by atoms with Gasteiger partial charge < -0.3 is 19.9 Å². The van der Waals surface area contributed by atoms with Gasteiger partial charge in [0.05, 0.1) is 35.5 Å². The van der Waals surface area contributed by atoms with E-state index in [0.29, 0.717) is 48.6 Å². The lowest BCUT2D eigenvalue weighted by molar-refractivity contribution is -0.146. The minimum absolute atomic E-state index is 0.0457. The lowest BCUT2D eigenvalue weighted by Gasteiger charge is -2.61. The Morgan fingerprint density at radius 2 is 2.02 bits per heavy atom. The van der Waals surface area contributed by atoms with Crippen molar-refractivity contribution in [3.8, 4) is 6.07 Å². The van der Waals surface area contributed by atoms with Crippen LogP contribution >= 0.6 is 0 Å². The van der Waals surface area contributed by atoms with Crippen LogP contribution in [0.1, 0.15) is 66.6 Å². The van der Waals surface area contributed by atoms with Crippen molar-refractivity contribution >= 4 is 35.5 Å². The van der Waals surface area contributed by atoms with Crippen LogP contribution in [-0.2, 0) is 15.1 Å². The number of nitrogens with zero attached hydrogens (tertiary/aromatic N) is 6. The van der Waals surface area contributed by atoms with E-state index in [1.165, 1.54) is 6.20 Å². The van der Waals surface area contributed by atoms with Crippen molar-refractivity contribution in [2.45, 2.75) is 74.7 Å². The zero-order valence-electron chi connectivity index (χ0n) is 24.2. The number of hydrogen-bond donors (Lipinski definition) is 2. The number of aromatic nitrogens is 2. The molecule has 12 heteroatoms. The van der Waals surface area contributed by atoms with Crippen molar-refractivity contribution < 1.29 is 19.1 Å². The first kappa shape index (κ1) is 28.1. The average molecular weight is 573 g/mol. The monoisotopic (exact) mass is 572 g/mol. The second-order valence-corrected chi connectivity index (χ2v) is 12.0. The smallest absolute Gasteiger partial charge is 0.328 e. The molecule has 2 atom stereocenters. The average Bonchev–Trinajstić information content (AvgIpc) is 3.68. The number of nitriles is 1. The molecule has 0 radical (unpaired) electrons. The lowest BCUT2D eigenvalue weighted by Crippen LogP contribution is -2.69. The highest BCUT2D eigenvalue weighted by molar-refractivity contribution is 6.03. The van der Waals surface area contributed by atoms with E-state index >= 15 is 0 Å². The van der Waals surface area contributed by atoms with Crippen LogP contribution in [0.15, 0.2) is 24.4 Å². The number of rotatable bonds is 9. The molecule has 3 saturated carbocycles. The molecule has 7 rings (SSSR count). The summed E-state index contributed by atoms with van der Waals surface area (Å²) < 4.78 is 5.59. The van der Waals surface area contributed by atoms with Crippen LogP contribution in [0.5, 0.6) is 0 Å². The topological polar surface area (TPSA) is 144 Å². The van der Waals surface area contributed by atoms with Gasteiger partial charge in [-0.15, -0.1) is 0 Å². The molecular formula is C30H36N8O4. The van der Waals surface area contributed by atoms with Crippen molar-refractivity contribution in [2.75, 3.05) is 43.3 Å². The van der Waals surface area contributed by atoms with Crippen LogP contribution in [0, 0.1) is 11.3 Å². The molecule has 3 fully saturated rings. The molecule has 4 heterocycles. The summed E-state index contributed by atoms with van der Waals surface area (Å²) in [5, 5.41) is 16.0. The van der Waals surface area contributed by atoms with E-state index < -0.39 is 11.6 Å². The summed E-state index contributed by atoms with van der Waals surface area (Å²) in [6, 6.07) is 6.93. The van der Waals surface area contributed by atoms with Gasteiger partial charge >= 0.3 is 6.03 Å². The highest BCUT2D eigenvalue weighted by Crippen LogP contribution is 2.58. The van der Waals surface area contributed by atoms with E-state index in [-0.39, 0.29) is 35.8 Å². The number of aldehydes is 1. The summed E-state index contributed by atoms with van der Waals surface area (Å²) in [6.07, 6.45) is 8.14. The number of nitrogens with one attached hydrogen (secondary N) is 2. The van der Waals surface area contributed by atoms with Crippen LogP contribution in [0.4, 0.5) is 22.1 Å². The Labute approximate surface area is 245 Å². The predicted molar refractivity (Wildman–Crippen MR) is 155 cm³/mol. The molecule has 3 aliphatic carbocycles. The molecule has 0 spiro atoms. The second kappa shape index (κ2) is 11.0. The fourth-order valence-electron chi connectivity index (χ4n) is 6.91. The maximum atomic E-state index is 13.8. The normalized spacial score (nSPS) is 25.7. The van der Waals surface area contributed by atoms with Gasteiger partial charge in [-0.05, 0) is 65.1 Å². The first-order valence-corrected chi connectivity index (χ1v) is 14.5. The van der Waals surface area contributed by atoms with Crippen LogP contribution in [-0.4, -0.2) is 90.0 Å². The number of amides is 3. The van der Waals surface area contributed by atoms with Crippen molar-refractivity contribution in [1.29, 1.82) is 5.26 Å². The Bertz CT molecular complexity index is 1450. The van der Waals surface area contributed by atoms with E-state index in [9.17, 15) is 19.6 Å². The molecule has 0 aromatic carbocycles. The highest BCUT2D eigenvalue weighted by Gasteiger charge is 2.62. The van der Waals surface area contributed by atoms with Crippen molar-refractivity contribution in [1.82, 2.24) is 19.8 Å². The third-order valence-electron chi connectivity index (χ3n) is 8.93. The third kappa shape index (κ3) is 4.86. The molecule has 3 amide bonds. The number of likely N-dealkylation sites (N-methyl/N-ethyl adjacent to an activating group) is 1. The maximum absolute atomic E-state index is 13.8. The predicted octanol–water partition coefficient (Wildman–Crippen LogP) is 3.10.